The van der Waals surface area contributed by atoms with Gasteiger partial charge in [0.2, 0.25) is 15.9 Å². The van der Waals surface area contributed by atoms with Crippen molar-refractivity contribution in [3.8, 4) is 5.88 Å². The van der Waals surface area contributed by atoms with E-state index in [4.69, 9.17) is 0 Å². The van der Waals surface area contributed by atoms with Gasteiger partial charge in [0.05, 0.1) is 10.4 Å². The third-order valence-corrected chi connectivity index (χ3v) is 6.81. The lowest BCUT2D eigenvalue weighted by Crippen LogP contribution is -2.30. The van der Waals surface area contributed by atoms with Gasteiger partial charge in [0.15, 0.2) is 5.69 Å². The van der Waals surface area contributed by atoms with Gasteiger partial charge >= 0.3 is 0 Å². The van der Waals surface area contributed by atoms with Crippen molar-refractivity contribution in [2.24, 2.45) is 10.2 Å². The second-order valence-corrected chi connectivity index (χ2v) is 8.42. The van der Waals surface area contributed by atoms with Crippen LogP contribution in [0.15, 0.2) is 51.5 Å². The molecule has 1 heterocycles. The van der Waals surface area contributed by atoms with Crippen LogP contribution in [0.5, 0.6) is 5.88 Å². The van der Waals surface area contributed by atoms with Crippen molar-refractivity contribution in [2.45, 2.75) is 25.7 Å². The Bertz CT molecular complexity index is 1250. The highest BCUT2D eigenvalue weighted by atomic mass is 32.2. The van der Waals surface area contributed by atoms with Crippen LogP contribution in [0.4, 0.5) is 17.1 Å². The number of aromatic nitrogens is 1. The lowest BCUT2D eigenvalue weighted by Gasteiger charge is -2.19. The summed E-state index contributed by atoms with van der Waals surface area (Å²) in [5, 5.41) is 30.1. The maximum atomic E-state index is 13.0. The van der Waals surface area contributed by atoms with E-state index in [0.717, 1.165) is 17.7 Å². The summed E-state index contributed by atoms with van der Waals surface area (Å²) >= 11 is 0. The summed E-state index contributed by atoms with van der Waals surface area (Å²) < 4.78 is 27.2. The first-order valence-electron chi connectivity index (χ1n) is 9.21. The van der Waals surface area contributed by atoms with Crippen molar-refractivity contribution in [3.05, 3.63) is 52.1 Å². The molecule has 0 saturated carbocycles. The number of fused-ring (bicyclic) bond motifs is 1. The average Bonchev–Trinajstić information content (AvgIpc) is 3.03. The van der Waals surface area contributed by atoms with Gasteiger partial charge < -0.3 is 10.1 Å². The van der Waals surface area contributed by atoms with Crippen LogP contribution in [0.25, 0.3) is 10.9 Å². The number of nitro benzene ring substituents is 1. The van der Waals surface area contributed by atoms with E-state index in [1.807, 2.05) is 13.0 Å². The minimum atomic E-state index is -4.03. The number of aromatic amines is 1. The molecule has 0 amide bonds. The van der Waals surface area contributed by atoms with Crippen LogP contribution >= 0.6 is 0 Å². The molecular formula is C19H21N5O5S. The van der Waals surface area contributed by atoms with E-state index >= 15 is 0 Å². The molecule has 0 unspecified atom stereocenters. The van der Waals surface area contributed by atoms with Crippen molar-refractivity contribution in [2.75, 3.05) is 13.1 Å². The van der Waals surface area contributed by atoms with Gasteiger partial charge in [-0.15, -0.1) is 10.2 Å². The highest BCUT2D eigenvalue weighted by Crippen LogP contribution is 2.39. The molecule has 2 N–H and O–H groups in total. The van der Waals surface area contributed by atoms with Crippen LogP contribution in [0.1, 0.15) is 19.4 Å². The normalized spacial score (nSPS) is 12.3. The number of nitrogens with zero attached hydrogens (tertiary/aromatic N) is 4. The van der Waals surface area contributed by atoms with E-state index in [9.17, 15) is 23.6 Å². The summed E-state index contributed by atoms with van der Waals surface area (Å²) in [6.45, 7) is 5.60. The molecule has 10 nitrogen and oxygen atoms in total. The van der Waals surface area contributed by atoms with Gasteiger partial charge in [0.1, 0.15) is 10.6 Å². The molecule has 2 aromatic carbocycles. The Balaban J connectivity index is 2.17. The van der Waals surface area contributed by atoms with Crippen LogP contribution in [0.3, 0.4) is 0 Å². The van der Waals surface area contributed by atoms with Crippen LogP contribution in [0, 0.1) is 17.0 Å². The Hall–Kier alpha value is -3.31. The molecule has 0 aliphatic rings. The Labute approximate surface area is 173 Å². The number of para-hydroxylation sites is 1. The number of hydrogen-bond donors (Lipinski definition) is 2. The molecule has 0 radical (unpaired) electrons. The summed E-state index contributed by atoms with van der Waals surface area (Å²) in [6.07, 6.45) is 0. The second kappa shape index (κ2) is 8.20. The van der Waals surface area contributed by atoms with E-state index in [1.165, 1.54) is 10.4 Å². The molecule has 0 fully saturated rings. The summed E-state index contributed by atoms with van der Waals surface area (Å²) in [5.74, 6) is -0.210. The van der Waals surface area contributed by atoms with Gasteiger partial charge in [0.25, 0.3) is 5.69 Å². The number of aryl methyl sites for hydroxylation is 1. The Morgan fingerprint density at radius 3 is 2.50 bits per heavy atom. The predicted molar refractivity (Wildman–Crippen MR) is 112 cm³/mol. The number of sulfonamides is 1. The Morgan fingerprint density at radius 1 is 1.17 bits per heavy atom. The molecule has 0 aliphatic heterocycles. The number of nitrogens with one attached hydrogen (secondary N) is 1. The zero-order chi connectivity index (χ0) is 22.1. The highest BCUT2D eigenvalue weighted by molar-refractivity contribution is 7.89. The number of benzene rings is 2. The van der Waals surface area contributed by atoms with Crippen LogP contribution in [-0.2, 0) is 10.0 Å². The van der Waals surface area contributed by atoms with Crippen LogP contribution < -0.4 is 0 Å². The number of rotatable bonds is 7. The van der Waals surface area contributed by atoms with Crippen molar-refractivity contribution < 1.29 is 18.4 Å². The van der Waals surface area contributed by atoms with Gasteiger partial charge in [-0.05, 0) is 18.6 Å². The van der Waals surface area contributed by atoms with Gasteiger partial charge in [0, 0.05) is 30.6 Å². The maximum Gasteiger partial charge on any atom is 0.270 e. The van der Waals surface area contributed by atoms with E-state index in [1.54, 1.807) is 26.0 Å². The number of hydrogen-bond acceptors (Lipinski definition) is 7. The van der Waals surface area contributed by atoms with Crippen molar-refractivity contribution in [1.29, 1.82) is 0 Å². The molecular weight excluding hydrogens is 410 g/mol. The first-order valence-corrected chi connectivity index (χ1v) is 10.6. The third-order valence-electron chi connectivity index (χ3n) is 4.73. The number of azo groups is 1. The quantitative estimate of drug-likeness (QED) is 0.321. The van der Waals surface area contributed by atoms with Gasteiger partial charge in [-0.2, -0.15) is 4.31 Å². The molecule has 0 spiro atoms. The standard InChI is InChI=1S/C19H21N5O5S/c1-4-23(5-2)30(28,29)16-11-13(24(26)27)9-10-15(16)21-22-18-14-8-6-7-12(3)17(14)20-19(18)25/h6-11,20,25H,4-5H2,1-3H3. The van der Waals surface area contributed by atoms with E-state index in [0.29, 0.717) is 10.9 Å². The molecule has 0 aliphatic carbocycles. The molecule has 0 saturated heterocycles. The smallest absolute Gasteiger partial charge is 0.270 e. The molecule has 158 valence electrons. The van der Waals surface area contributed by atoms with Crippen LogP contribution in [0.2, 0.25) is 0 Å². The summed E-state index contributed by atoms with van der Waals surface area (Å²) in [6, 6.07) is 8.78. The highest BCUT2D eigenvalue weighted by Gasteiger charge is 2.27. The first kappa shape index (κ1) is 21.4. The molecule has 0 bridgehead atoms. The van der Waals surface area contributed by atoms with E-state index < -0.39 is 14.9 Å². The first-order chi connectivity index (χ1) is 14.2. The van der Waals surface area contributed by atoms with Gasteiger partial charge in [-0.25, -0.2) is 8.42 Å². The number of aromatic hydroxyl groups is 1. The maximum absolute atomic E-state index is 13.0. The summed E-state index contributed by atoms with van der Waals surface area (Å²) in [7, 11) is -4.03. The molecule has 0 atom stereocenters. The fraction of sp³-hybridized carbons (Fsp3) is 0.263. The molecule has 1 aromatic heterocycles. The average molecular weight is 431 g/mol. The zero-order valence-corrected chi connectivity index (χ0v) is 17.5. The lowest BCUT2D eigenvalue weighted by molar-refractivity contribution is -0.385. The van der Waals surface area contributed by atoms with E-state index in [-0.39, 0.29) is 40.9 Å². The zero-order valence-electron chi connectivity index (χ0n) is 16.7. The second-order valence-electron chi connectivity index (χ2n) is 6.52. The number of nitro groups is 1. The number of non-ortho nitro benzene ring substituents is 1. The van der Waals surface area contributed by atoms with Crippen molar-refractivity contribution in [1.82, 2.24) is 9.29 Å². The topological polar surface area (TPSA) is 141 Å². The summed E-state index contributed by atoms with van der Waals surface area (Å²) in [5.41, 5.74) is 1.30. The predicted octanol–water partition coefficient (Wildman–Crippen LogP) is 4.54. The Morgan fingerprint density at radius 2 is 1.87 bits per heavy atom. The fourth-order valence-electron chi connectivity index (χ4n) is 3.15. The van der Waals surface area contributed by atoms with Crippen molar-refractivity contribution in [3.63, 3.8) is 0 Å². The monoisotopic (exact) mass is 431 g/mol. The lowest BCUT2D eigenvalue weighted by atomic mass is 10.1. The molecule has 3 rings (SSSR count). The third kappa shape index (κ3) is 3.76. The number of H-pyrrole nitrogens is 1. The Kier molecular flexibility index (Phi) is 5.85. The fourth-order valence-corrected chi connectivity index (χ4v) is 4.75. The van der Waals surface area contributed by atoms with Crippen LogP contribution in [-0.4, -0.2) is 40.8 Å². The van der Waals surface area contributed by atoms with Gasteiger partial charge in [-0.3, -0.25) is 10.1 Å². The molecule has 30 heavy (non-hydrogen) atoms. The minimum Gasteiger partial charge on any atom is -0.493 e. The molecule has 11 heteroatoms. The largest absolute Gasteiger partial charge is 0.493 e. The van der Waals surface area contributed by atoms with Crippen molar-refractivity contribution >= 4 is 38.0 Å². The minimum absolute atomic E-state index is 0.0612. The molecule has 3 aromatic rings. The SMILES string of the molecule is CCN(CC)S(=O)(=O)c1cc([N+](=O)[O-])ccc1N=Nc1c(O)[nH]c2c(C)cccc12. The van der Waals surface area contributed by atoms with E-state index in [2.05, 4.69) is 15.2 Å². The summed E-state index contributed by atoms with van der Waals surface area (Å²) in [4.78, 5) is 13.0. The van der Waals surface area contributed by atoms with Gasteiger partial charge in [-0.1, -0.05) is 32.0 Å².